The number of hydrogen-bond acceptors (Lipinski definition) is 4. The first-order chi connectivity index (χ1) is 12.3. The van der Waals surface area contributed by atoms with Gasteiger partial charge in [0.05, 0.1) is 5.69 Å². The van der Waals surface area contributed by atoms with Crippen LogP contribution in [0.2, 0.25) is 0 Å². The van der Waals surface area contributed by atoms with Crippen molar-refractivity contribution >= 4 is 0 Å². The highest BCUT2D eigenvalue weighted by Gasteiger charge is 2.21. The van der Waals surface area contributed by atoms with Crippen molar-refractivity contribution in [3.8, 4) is 22.8 Å². The quantitative estimate of drug-likeness (QED) is 0.796. The molecule has 0 bridgehead atoms. The molecular formula is C20H21N3O2. The van der Waals surface area contributed by atoms with Crippen LogP contribution in [0.4, 0.5) is 0 Å². The standard InChI is InChI=1S/C20H21N3O2/c1-23-18(12-17(22-23)14-5-3-2-4-6-14)16(13-21)15-7-8-19-20(11-15)25-10-9-24-19/h2-8,11-12,16H,9-10,13,21H2,1H3. The van der Waals surface area contributed by atoms with Crippen LogP contribution in [-0.4, -0.2) is 29.5 Å². The summed E-state index contributed by atoms with van der Waals surface area (Å²) in [6.07, 6.45) is 0. The SMILES string of the molecule is Cn1nc(-c2ccccc2)cc1C(CN)c1ccc2c(c1)OCCO2. The smallest absolute Gasteiger partial charge is 0.161 e. The van der Waals surface area contributed by atoms with Gasteiger partial charge in [0.15, 0.2) is 11.5 Å². The number of aromatic nitrogens is 2. The second-order valence-electron chi connectivity index (χ2n) is 6.14. The molecule has 4 rings (SSSR count). The molecule has 5 nitrogen and oxygen atoms in total. The Morgan fingerprint density at radius 2 is 1.80 bits per heavy atom. The summed E-state index contributed by atoms with van der Waals surface area (Å²) in [7, 11) is 1.96. The van der Waals surface area contributed by atoms with E-state index in [9.17, 15) is 0 Å². The number of nitrogens with zero attached hydrogens (tertiary/aromatic N) is 2. The Balaban J connectivity index is 1.71. The van der Waals surface area contributed by atoms with Crippen LogP contribution in [-0.2, 0) is 7.05 Å². The average Bonchev–Trinajstić information content (AvgIpc) is 3.05. The second-order valence-corrected chi connectivity index (χ2v) is 6.14. The lowest BCUT2D eigenvalue weighted by atomic mass is 9.94. The van der Waals surface area contributed by atoms with Crippen LogP contribution in [0, 0.1) is 0 Å². The Labute approximate surface area is 147 Å². The summed E-state index contributed by atoms with van der Waals surface area (Å²) in [6, 6.07) is 18.3. The van der Waals surface area contributed by atoms with Gasteiger partial charge in [-0.05, 0) is 23.8 Å². The molecule has 5 heteroatoms. The molecular weight excluding hydrogens is 314 g/mol. The van der Waals surface area contributed by atoms with Gasteiger partial charge in [-0.2, -0.15) is 5.10 Å². The molecule has 1 atom stereocenters. The summed E-state index contributed by atoms with van der Waals surface area (Å²) in [5.74, 6) is 1.62. The first-order valence-electron chi connectivity index (χ1n) is 8.45. The van der Waals surface area contributed by atoms with Gasteiger partial charge in [0.25, 0.3) is 0 Å². The van der Waals surface area contributed by atoms with E-state index in [-0.39, 0.29) is 5.92 Å². The van der Waals surface area contributed by atoms with E-state index in [1.165, 1.54) is 0 Å². The monoisotopic (exact) mass is 335 g/mol. The third-order valence-electron chi connectivity index (χ3n) is 4.55. The minimum Gasteiger partial charge on any atom is -0.486 e. The molecule has 3 aromatic rings. The molecule has 2 heterocycles. The Morgan fingerprint density at radius 3 is 2.56 bits per heavy atom. The van der Waals surface area contributed by atoms with Crippen LogP contribution >= 0.6 is 0 Å². The summed E-state index contributed by atoms with van der Waals surface area (Å²) >= 11 is 0. The predicted molar refractivity (Wildman–Crippen MR) is 97.0 cm³/mol. The lowest BCUT2D eigenvalue weighted by Gasteiger charge is -2.21. The topological polar surface area (TPSA) is 62.3 Å². The zero-order valence-electron chi connectivity index (χ0n) is 14.2. The average molecular weight is 335 g/mol. The summed E-state index contributed by atoms with van der Waals surface area (Å²) in [5.41, 5.74) is 10.4. The van der Waals surface area contributed by atoms with Crippen molar-refractivity contribution < 1.29 is 9.47 Å². The third-order valence-corrected chi connectivity index (χ3v) is 4.55. The Kier molecular flexibility index (Phi) is 4.15. The number of rotatable bonds is 4. The molecule has 1 unspecified atom stereocenters. The van der Waals surface area contributed by atoms with E-state index < -0.39 is 0 Å². The van der Waals surface area contributed by atoms with Crippen molar-refractivity contribution in [3.63, 3.8) is 0 Å². The molecule has 1 aliphatic heterocycles. The summed E-state index contributed by atoms with van der Waals surface area (Å²) < 4.78 is 13.2. The molecule has 0 fully saturated rings. The van der Waals surface area contributed by atoms with Gasteiger partial charge < -0.3 is 15.2 Å². The second kappa shape index (κ2) is 6.61. The minimum absolute atomic E-state index is 0.0470. The normalized spacial score (nSPS) is 14.3. The number of benzene rings is 2. The lowest BCUT2D eigenvalue weighted by molar-refractivity contribution is 0.171. The third kappa shape index (κ3) is 2.98. The van der Waals surface area contributed by atoms with Gasteiger partial charge >= 0.3 is 0 Å². The number of hydrogen-bond donors (Lipinski definition) is 1. The number of aryl methyl sites for hydroxylation is 1. The molecule has 25 heavy (non-hydrogen) atoms. The molecule has 0 saturated carbocycles. The highest BCUT2D eigenvalue weighted by molar-refractivity contribution is 5.60. The fourth-order valence-corrected chi connectivity index (χ4v) is 3.26. The minimum atomic E-state index is 0.0470. The van der Waals surface area contributed by atoms with E-state index in [2.05, 4.69) is 29.4 Å². The number of ether oxygens (including phenoxy) is 2. The molecule has 2 aromatic carbocycles. The van der Waals surface area contributed by atoms with Crippen molar-refractivity contribution in [2.75, 3.05) is 19.8 Å². The van der Waals surface area contributed by atoms with Gasteiger partial charge in [-0.15, -0.1) is 0 Å². The van der Waals surface area contributed by atoms with Crippen molar-refractivity contribution in [1.29, 1.82) is 0 Å². The van der Waals surface area contributed by atoms with E-state index >= 15 is 0 Å². The molecule has 0 spiro atoms. The molecule has 0 saturated heterocycles. The number of nitrogens with two attached hydrogens (primary N) is 1. The van der Waals surface area contributed by atoms with Crippen LogP contribution in [0.15, 0.2) is 54.6 Å². The van der Waals surface area contributed by atoms with Gasteiger partial charge in [0.2, 0.25) is 0 Å². The highest BCUT2D eigenvalue weighted by Crippen LogP contribution is 2.35. The van der Waals surface area contributed by atoms with Crippen molar-refractivity contribution in [1.82, 2.24) is 9.78 Å². The summed E-state index contributed by atoms with van der Waals surface area (Å²) in [4.78, 5) is 0. The van der Waals surface area contributed by atoms with Gasteiger partial charge in [-0.1, -0.05) is 36.4 Å². The fourth-order valence-electron chi connectivity index (χ4n) is 3.26. The van der Waals surface area contributed by atoms with Crippen LogP contribution in [0.25, 0.3) is 11.3 Å². The summed E-state index contributed by atoms with van der Waals surface area (Å²) in [6.45, 7) is 1.66. The Bertz CT molecular complexity index is 874. The molecule has 0 aliphatic carbocycles. The number of fused-ring (bicyclic) bond motifs is 1. The van der Waals surface area contributed by atoms with Gasteiger partial charge in [0, 0.05) is 30.8 Å². The first kappa shape index (κ1) is 15.7. The molecule has 1 aromatic heterocycles. The molecule has 0 radical (unpaired) electrons. The lowest BCUT2D eigenvalue weighted by Crippen LogP contribution is -2.19. The maximum Gasteiger partial charge on any atom is 0.161 e. The Morgan fingerprint density at radius 1 is 1.04 bits per heavy atom. The first-order valence-corrected chi connectivity index (χ1v) is 8.45. The molecule has 2 N–H and O–H groups in total. The van der Waals surface area contributed by atoms with E-state index in [0.29, 0.717) is 19.8 Å². The van der Waals surface area contributed by atoms with Crippen LogP contribution < -0.4 is 15.2 Å². The van der Waals surface area contributed by atoms with Gasteiger partial charge in [-0.3, -0.25) is 4.68 Å². The molecule has 0 amide bonds. The largest absolute Gasteiger partial charge is 0.486 e. The van der Waals surface area contributed by atoms with Crippen molar-refractivity contribution in [2.24, 2.45) is 12.8 Å². The van der Waals surface area contributed by atoms with E-state index in [4.69, 9.17) is 15.2 Å². The van der Waals surface area contributed by atoms with E-state index in [1.807, 2.05) is 42.1 Å². The van der Waals surface area contributed by atoms with Crippen LogP contribution in [0.3, 0.4) is 0 Å². The van der Waals surface area contributed by atoms with Crippen LogP contribution in [0.1, 0.15) is 17.2 Å². The van der Waals surface area contributed by atoms with Gasteiger partial charge in [-0.25, -0.2) is 0 Å². The molecule has 128 valence electrons. The van der Waals surface area contributed by atoms with E-state index in [1.54, 1.807) is 0 Å². The van der Waals surface area contributed by atoms with Gasteiger partial charge in [0.1, 0.15) is 13.2 Å². The Hall–Kier alpha value is -2.79. The fraction of sp³-hybridized carbons (Fsp3) is 0.250. The predicted octanol–water partition coefficient (Wildman–Crippen LogP) is 2.95. The zero-order chi connectivity index (χ0) is 17.2. The van der Waals surface area contributed by atoms with Crippen molar-refractivity contribution in [2.45, 2.75) is 5.92 Å². The molecule has 1 aliphatic rings. The summed E-state index contributed by atoms with van der Waals surface area (Å²) in [5, 5.41) is 4.67. The van der Waals surface area contributed by atoms with E-state index in [0.717, 1.165) is 34.0 Å². The van der Waals surface area contributed by atoms with Crippen molar-refractivity contribution in [3.05, 3.63) is 65.9 Å². The van der Waals surface area contributed by atoms with Crippen LogP contribution in [0.5, 0.6) is 11.5 Å². The highest BCUT2D eigenvalue weighted by atomic mass is 16.6. The zero-order valence-corrected chi connectivity index (χ0v) is 14.2. The maximum absolute atomic E-state index is 6.12. The maximum atomic E-state index is 6.12.